The second kappa shape index (κ2) is 9.13. The fourth-order valence-electron chi connectivity index (χ4n) is 3.75. The standard InChI is InChI=1S/C22H26N6O4/c1-15-24-19(13-20(25-15)28-6-5-23-14-28)26-7-9-27(10-8-26)22(29)16-11-17(30-2)21(32-4)18(12-16)31-3/h5-6,11-14H,7-10H2,1-4H3. The Bertz CT molecular complexity index is 1070. The number of carbonyl (C=O) groups is 1. The molecule has 2 aromatic heterocycles. The number of nitrogens with zero attached hydrogens (tertiary/aromatic N) is 6. The van der Waals surface area contributed by atoms with E-state index in [0.717, 1.165) is 11.6 Å². The van der Waals surface area contributed by atoms with Gasteiger partial charge in [0.2, 0.25) is 5.75 Å². The number of aromatic nitrogens is 4. The third-order valence-corrected chi connectivity index (χ3v) is 5.38. The molecule has 0 N–H and O–H groups in total. The number of imidazole rings is 1. The van der Waals surface area contributed by atoms with Crippen LogP contribution in [0.2, 0.25) is 0 Å². The third kappa shape index (κ3) is 4.16. The Morgan fingerprint density at radius 2 is 1.56 bits per heavy atom. The highest BCUT2D eigenvalue weighted by Crippen LogP contribution is 2.38. The first kappa shape index (κ1) is 21.4. The zero-order valence-electron chi connectivity index (χ0n) is 18.6. The minimum atomic E-state index is -0.0816. The van der Waals surface area contributed by atoms with Crippen molar-refractivity contribution in [3.63, 3.8) is 0 Å². The van der Waals surface area contributed by atoms with E-state index in [9.17, 15) is 4.79 Å². The largest absolute Gasteiger partial charge is 0.493 e. The molecule has 0 atom stereocenters. The Morgan fingerprint density at radius 3 is 2.12 bits per heavy atom. The Labute approximate surface area is 186 Å². The molecule has 0 unspecified atom stereocenters. The van der Waals surface area contributed by atoms with Crippen molar-refractivity contribution < 1.29 is 19.0 Å². The fourth-order valence-corrected chi connectivity index (χ4v) is 3.75. The van der Waals surface area contributed by atoms with E-state index in [2.05, 4.69) is 19.9 Å². The van der Waals surface area contributed by atoms with E-state index in [1.807, 2.05) is 28.7 Å². The smallest absolute Gasteiger partial charge is 0.254 e. The Hall–Kier alpha value is -3.82. The summed E-state index contributed by atoms with van der Waals surface area (Å²) in [6.07, 6.45) is 5.27. The number of hydrogen-bond donors (Lipinski definition) is 0. The van der Waals surface area contributed by atoms with Crippen LogP contribution in [0.15, 0.2) is 36.9 Å². The Kier molecular flexibility index (Phi) is 6.11. The van der Waals surface area contributed by atoms with Crippen LogP contribution >= 0.6 is 0 Å². The summed E-state index contributed by atoms with van der Waals surface area (Å²) < 4.78 is 18.0. The molecule has 0 bridgehead atoms. The van der Waals surface area contributed by atoms with Gasteiger partial charge in [-0.1, -0.05) is 0 Å². The summed E-state index contributed by atoms with van der Waals surface area (Å²) in [4.78, 5) is 30.3. The zero-order chi connectivity index (χ0) is 22.7. The van der Waals surface area contributed by atoms with Crippen LogP contribution in [-0.2, 0) is 0 Å². The highest BCUT2D eigenvalue weighted by Gasteiger charge is 2.25. The molecule has 1 amide bonds. The molecule has 168 valence electrons. The molecule has 1 aliphatic heterocycles. The van der Waals surface area contributed by atoms with Gasteiger partial charge in [-0.3, -0.25) is 9.36 Å². The number of ether oxygens (including phenoxy) is 3. The summed E-state index contributed by atoms with van der Waals surface area (Å²) in [7, 11) is 4.60. The van der Waals surface area contributed by atoms with E-state index in [1.165, 1.54) is 21.3 Å². The summed E-state index contributed by atoms with van der Waals surface area (Å²) in [5.74, 6) is 3.57. The second-order valence-electron chi connectivity index (χ2n) is 7.29. The Morgan fingerprint density at radius 1 is 0.906 bits per heavy atom. The zero-order valence-corrected chi connectivity index (χ0v) is 18.6. The number of rotatable bonds is 6. The number of piperazine rings is 1. The normalized spacial score (nSPS) is 13.8. The molecule has 0 aliphatic carbocycles. The van der Waals surface area contributed by atoms with Gasteiger partial charge in [0, 0.05) is 50.2 Å². The van der Waals surface area contributed by atoms with Crippen LogP contribution in [0.25, 0.3) is 5.82 Å². The third-order valence-electron chi connectivity index (χ3n) is 5.38. The number of benzene rings is 1. The minimum Gasteiger partial charge on any atom is -0.493 e. The van der Waals surface area contributed by atoms with Crippen molar-refractivity contribution in [3.05, 3.63) is 48.3 Å². The summed E-state index contributed by atoms with van der Waals surface area (Å²) in [6.45, 7) is 4.33. The average molecular weight is 438 g/mol. The SMILES string of the molecule is COc1cc(C(=O)N2CCN(c3cc(-n4ccnc4)nc(C)n3)CC2)cc(OC)c1OC. The predicted molar refractivity (Wildman–Crippen MR) is 118 cm³/mol. The van der Waals surface area contributed by atoms with Gasteiger partial charge < -0.3 is 24.0 Å². The van der Waals surface area contributed by atoms with E-state index in [-0.39, 0.29) is 5.91 Å². The number of carbonyl (C=O) groups excluding carboxylic acids is 1. The van der Waals surface area contributed by atoms with Crippen molar-refractivity contribution in [2.75, 3.05) is 52.4 Å². The van der Waals surface area contributed by atoms with Crippen molar-refractivity contribution in [1.29, 1.82) is 0 Å². The van der Waals surface area contributed by atoms with Crippen LogP contribution < -0.4 is 19.1 Å². The quantitative estimate of drug-likeness (QED) is 0.577. The minimum absolute atomic E-state index is 0.0816. The maximum Gasteiger partial charge on any atom is 0.254 e. The average Bonchev–Trinajstić information content (AvgIpc) is 3.37. The van der Waals surface area contributed by atoms with Gasteiger partial charge in [0.1, 0.15) is 23.8 Å². The van der Waals surface area contributed by atoms with Crippen molar-refractivity contribution in [1.82, 2.24) is 24.4 Å². The summed E-state index contributed by atoms with van der Waals surface area (Å²) in [5.41, 5.74) is 0.494. The first-order chi connectivity index (χ1) is 15.5. The molecule has 3 heterocycles. The van der Waals surface area contributed by atoms with E-state index in [4.69, 9.17) is 14.2 Å². The molecule has 10 heteroatoms. The van der Waals surface area contributed by atoms with Crippen molar-refractivity contribution in [2.45, 2.75) is 6.92 Å². The topological polar surface area (TPSA) is 94.8 Å². The molecule has 0 spiro atoms. The van der Waals surface area contributed by atoms with Crippen LogP contribution in [0.5, 0.6) is 17.2 Å². The lowest BCUT2D eigenvalue weighted by molar-refractivity contribution is 0.0745. The molecule has 10 nitrogen and oxygen atoms in total. The van der Waals surface area contributed by atoms with E-state index in [1.54, 1.807) is 24.7 Å². The number of hydrogen-bond acceptors (Lipinski definition) is 8. The number of anilines is 1. The van der Waals surface area contributed by atoms with Crippen LogP contribution in [-0.4, -0.2) is 77.8 Å². The summed E-state index contributed by atoms with van der Waals surface area (Å²) in [6, 6.07) is 5.30. The van der Waals surface area contributed by atoms with Crippen molar-refractivity contribution in [3.8, 4) is 23.1 Å². The van der Waals surface area contributed by atoms with Gasteiger partial charge in [-0.05, 0) is 19.1 Å². The molecule has 0 radical (unpaired) electrons. The molecule has 1 aliphatic rings. The lowest BCUT2D eigenvalue weighted by atomic mass is 10.1. The molecule has 4 rings (SSSR count). The van der Waals surface area contributed by atoms with Crippen molar-refractivity contribution >= 4 is 11.7 Å². The monoisotopic (exact) mass is 438 g/mol. The van der Waals surface area contributed by atoms with Gasteiger partial charge in [0.05, 0.1) is 21.3 Å². The second-order valence-corrected chi connectivity index (χ2v) is 7.29. The first-order valence-electron chi connectivity index (χ1n) is 10.2. The summed E-state index contributed by atoms with van der Waals surface area (Å²) >= 11 is 0. The lowest BCUT2D eigenvalue weighted by Crippen LogP contribution is -2.49. The van der Waals surface area contributed by atoms with E-state index < -0.39 is 0 Å². The van der Waals surface area contributed by atoms with Crippen LogP contribution in [0.1, 0.15) is 16.2 Å². The number of methoxy groups -OCH3 is 3. The molecular formula is C22H26N6O4. The summed E-state index contributed by atoms with van der Waals surface area (Å²) in [5, 5.41) is 0. The molecule has 1 saturated heterocycles. The highest BCUT2D eigenvalue weighted by molar-refractivity contribution is 5.95. The van der Waals surface area contributed by atoms with Gasteiger partial charge in [0.25, 0.3) is 5.91 Å². The molecular weight excluding hydrogens is 412 g/mol. The van der Waals surface area contributed by atoms with Crippen LogP contribution in [0.4, 0.5) is 5.82 Å². The molecule has 0 saturated carbocycles. The maximum absolute atomic E-state index is 13.2. The number of amides is 1. The maximum atomic E-state index is 13.2. The van der Waals surface area contributed by atoms with Crippen molar-refractivity contribution in [2.24, 2.45) is 0 Å². The lowest BCUT2D eigenvalue weighted by Gasteiger charge is -2.35. The van der Waals surface area contributed by atoms with Gasteiger partial charge >= 0.3 is 0 Å². The van der Waals surface area contributed by atoms with E-state index in [0.29, 0.717) is 54.8 Å². The van der Waals surface area contributed by atoms with Crippen LogP contribution in [0, 0.1) is 6.92 Å². The molecule has 3 aromatic rings. The van der Waals surface area contributed by atoms with Crippen LogP contribution in [0.3, 0.4) is 0 Å². The van der Waals surface area contributed by atoms with Gasteiger partial charge in [-0.2, -0.15) is 0 Å². The molecule has 1 aromatic carbocycles. The fraction of sp³-hybridized carbons (Fsp3) is 0.364. The first-order valence-corrected chi connectivity index (χ1v) is 10.2. The predicted octanol–water partition coefficient (Wildman–Crippen LogP) is 1.96. The van der Waals surface area contributed by atoms with Gasteiger partial charge in [0.15, 0.2) is 11.5 Å². The highest BCUT2D eigenvalue weighted by atomic mass is 16.5. The molecule has 1 fully saturated rings. The van der Waals surface area contributed by atoms with Gasteiger partial charge in [-0.25, -0.2) is 15.0 Å². The van der Waals surface area contributed by atoms with E-state index >= 15 is 0 Å². The Balaban J connectivity index is 1.49. The van der Waals surface area contributed by atoms with Gasteiger partial charge in [-0.15, -0.1) is 0 Å². The number of aryl methyl sites for hydroxylation is 1. The molecule has 32 heavy (non-hydrogen) atoms.